The van der Waals surface area contributed by atoms with E-state index in [0.29, 0.717) is 5.66 Å². The van der Waals surface area contributed by atoms with Crippen LogP contribution in [0.25, 0.3) is 0 Å². The smallest absolute Gasteiger partial charge is 0.0201 e. The summed E-state index contributed by atoms with van der Waals surface area (Å²) in [7, 11) is 3.07. The minimum atomic E-state index is 0.630. The Bertz CT molecular complexity index is 245. The molecule has 1 aliphatic heterocycles. The molecule has 3 unspecified atom stereocenters. The molecule has 0 aromatic heterocycles. The van der Waals surface area contributed by atoms with Crippen molar-refractivity contribution in [3.8, 4) is 0 Å². The molecule has 16 heavy (non-hydrogen) atoms. The number of likely N-dealkylation sites (tertiary alicyclic amines) is 1. The molecule has 92 valence electrons. The van der Waals surface area contributed by atoms with Crippen molar-refractivity contribution < 1.29 is 0 Å². The third kappa shape index (κ3) is 2.80. The van der Waals surface area contributed by atoms with Gasteiger partial charge in [0.2, 0.25) is 0 Å². The van der Waals surface area contributed by atoms with Crippen molar-refractivity contribution >= 4 is 9.24 Å². The molecule has 0 radical (unpaired) electrons. The Labute approximate surface area is 103 Å². The molecule has 1 saturated carbocycles. The summed E-state index contributed by atoms with van der Waals surface area (Å²) in [6.45, 7) is 9.17. The average molecular weight is 239 g/mol. The van der Waals surface area contributed by atoms with Gasteiger partial charge in [-0.15, -0.1) is 9.24 Å². The van der Waals surface area contributed by atoms with Gasteiger partial charge in [-0.25, -0.2) is 0 Å². The maximum atomic E-state index is 4.35. The standard InChI is InChI=1S/C14H26NP/c1-11-8-9-15(10-11)12(2)14(16)13-6-4-3-5-7-13/h11,13-14H,2-10,16H2,1H3. The molecule has 3 atom stereocenters. The van der Waals surface area contributed by atoms with Gasteiger partial charge in [0.05, 0.1) is 0 Å². The first-order valence-corrected chi connectivity index (χ1v) is 7.54. The Morgan fingerprint density at radius 3 is 2.50 bits per heavy atom. The van der Waals surface area contributed by atoms with E-state index in [9.17, 15) is 0 Å². The number of nitrogens with zero attached hydrogens (tertiary/aromatic N) is 1. The lowest BCUT2D eigenvalue weighted by atomic mass is 9.85. The summed E-state index contributed by atoms with van der Waals surface area (Å²) >= 11 is 0. The minimum absolute atomic E-state index is 0.630. The molecule has 2 rings (SSSR count). The molecule has 1 saturated heterocycles. The molecule has 0 aromatic carbocycles. The summed E-state index contributed by atoms with van der Waals surface area (Å²) in [5.41, 5.74) is 2.02. The molecule has 2 fully saturated rings. The number of rotatable bonds is 3. The monoisotopic (exact) mass is 239 g/mol. The first-order valence-electron chi connectivity index (χ1n) is 6.88. The zero-order valence-corrected chi connectivity index (χ0v) is 11.8. The van der Waals surface area contributed by atoms with Crippen LogP contribution < -0.4 is 0 Å². The van der Waals surface area contributed by atoms with Crippen LogP contribution in [0.15, 0.2) is 12.3 Å². The first-order chi connectivity index (χ1) is 7.68. The van der Waals surface area contributed by atoms with E-state index in [0.717, 1.165) is 11.8 Å². The first kappa shape index (κ1) is 12.4. The maximum absolute atomic E-state index is 4.35. The van der Waals surface area contributed by atoms with Crippen molar-refractivity contribution in [1.82, 2.24) is 4.90 Å². The highest BCUT2D eigenvalue weighted by Gasteiger charge is 2.27. The van der Waals surface area contributed by atoms with Crippen LogP contribution in [0.1, 0.15) is 45.4 Å². The van der Waals surface area contributed by atoms with E-state index >= 15 is 0 Å². The van der Waals surface area contributed by atoms with Crippen LogP contribution in [0.2, 0.25) is 0 Å². The molecular weight excluding hydrogens is 213 g/mol. The minimum Gasteiger partial charge on any atom is -0.375 e. The second-order valence-corrected chi connectivity index (χ2v) is 6.47. The van der Waals surface area contributed by atoms with E-state index in [1.807, 2.05) is 0 Å². The lowest BCUT2D eigenvalue weighted by Crippen LogP contribution is -2.29. The van der Waals surface area contributed by atoms with E-state index in [2.05, 4.69) is 27.6 Å². The molecule has 1 aliphatic carbocycles. The summed E-state index contributed by atoms with van der Waals surface area (Å²) in [5.74, 6) is 1.74. The van der Waals surface area contributed by atoms with Crippen molar-refractivity contribution in [3.63, 3.8) is 0 Å². The topological polar surface area (TPSA) is 3.24 Å². The van der Waals surface area contributed by atoms with E-state index in [-0.39, 0.29) is 0 Å². The van der Waals surface area contributed by atoms with E-state index < -0.39 is 0 Å². The van der Waals surface area contributed by atoms with Crippen molar-refractivity contribution in [2.45, 2.75) is 51.1 Å². The van der Waals surface area contributed by atoms with Crippen LogP contribution in [0.5, 0.6) is 0 Å². The van der Waals surface area contributed by atoms with Crippen LogP contribution in [0.4, 0.5) is 0 Å². The van der Waals surface area contributed by atoms with Gasteiger partial charge in [0, 0.05) is 24.4 Å². The van der Waals surface area contributed by atoms with Crippen LogP contribution in [0.3, 0.4) is 0 Å². The van der Waals surface area contributed by atoms with Gasteiger partial charge in [-0.1, -0.05) is 32.8 Å². The normalized spacial score (nSPS) is 29.4. The maximum Gasteiger partial charge on any atom is 0.0201 e. The summed E-state index contributed by atoms with van der Waals surface area (Å²) < 4.78 is 0. The summed E-state index contributed by atoms with van der Waals surface area (Å²) in [5, 5.41) is 0. The number of hydrogen-bond acceptors (Lipinski definition) is 1. The van der Waals surface area contributed by atoms with Crippen molar-refractivity contribution in [2.24, 2.45) is 11.8 Å². The molecule has 0 amide bonds. The van der Waals surface area contributed by atoms with Crippen LogP contribution in [-0.2, 0) is 0 Å². The van der Waals surface area contributed by atoms with Crippen LogP contribution >= 0.6 is 9.24 Å². The Morgan fingerprint density at radius 1 is 1.25 bits per heavy atom. The Morgan fingerprint density at radius 2 is 1.94 bits per heavy atom. The molecule has 0 bridgehead atoms. The Kier molecular flexibility index (Phi) is 4.30. The van der Waals surface area contributed by atoms with Gasteiger partial charge in [0.15, 0.2) is 0 Å². The van der Waals surface area contributed by atoms with Crippen molar-refractivity contribution in [1.29, 1.82) is 0 Å². The second kappa shape index (κ2) is 5.54. The number of allylic oxidation sites excluding steroid dienone is 1. The summed E-state index contributed by atoms with van der Waals surface area (Å²) in [4.78, 5) is 2.52. The van der Waals surface area contributed by atoms with Gasteiger partial charge in [-0.3, -0.25) is 0 Å². The SMILES string of the molecule is C=C(C(P)C1CCCCC1)N1CCC(C)C1. The van der Waals surface area contributed by atoms with E-state index in [1.165, 1.54) is 57.3 Å². The Hall–Kier alpha value is -0.0300. The lowest BCUT2D eigenvalue weighted by Gasteiger charge is -2.33. The molecular formula is C14H26NP. The lowest BCUT2D eigenvalue weighted by molar-refractivity contribution is 0.319. The largest absolute Gasteiger partial charge is 0.375 e. The molecule has 0 spiro atoms. The fourth-order valence-electron chi connectivity index (χ4n) is 3.17. The van der Waals surface area contributed by atoms with Gasteiger partial charge in [0.25, 0.3) is 0 Å². The summed E-state index contributed by atoms with van der Waals surface area (Å²) in [6, 6.07) is 0. The molecule has 2 heteroatoms. The zero-order valence-electron chi connectivity index (χ0n) is 10.6. The van der Waals surface area contributed by atoms with Gasteiger partial charge in [0.1, 0.15) is 0 Å². The fraction of sp³-hybridized carbons (Fsp3) is 0.857. The van der Waals surface area contributed by atoms with Gasteiger partial charge >= 0.3 is 0 Å². The zero-order chi connectivity index (χ0) is 11.5. The van der Waals surface area contributed by atoms with E-state index in [1.54, 1.807) is 0 Å². The van der Waals surface area contributed by atoms with E-state index in [4.69, 9.17) is 0 Å². The molecule has 2 aliphatic rings. The highest BCUT2D eigenvalue weighted by Crippen LogP contribution is 2.35. The summed E-state index contributed by atoms with van der Waals surface area (Å²) in [6.07, 6.45) is 8.48. The van der Waals surface area contributed by atoms with Gasteiger partial charge < -0.3 is 4.90 Å². The third-order valence-corrected chi connectivity index (χ3v) is 5.30. The van der Waals surface area contributed by atoms with Crippen LogP contribution in [-0.4, -0.2) is 23.6 Å². The number of hydrogen-bond donors (Lipinski definition) is 0. The predicted molar refractivity (Wildman–Crippen MR) is 74.6 cm³/mol. The quantitative estimate of drug-likeness (QED) is 0.679. The van der Waals surface area contributed by atoms with Crippen molar-refractivity contribution in [3.05, 3.63) is 12.3 Å². The highest BCUT2D eigenvalue weighted by atomic mass is 31.0. The molecule has 1 heterocycles. The third-order valence-electron chi connectivity index (χ3n) is 4.37. The van der Waals surface area contributed by atoms with Gasteiger partial charge in [-0.2, -0.15) is 0 Å². The fourth-order valence-corrected chi connectivity index (χ4v) is 3.77. The van der Waals surface area contributed by atoms with Gasteiger partial charge in [-0.05, 0) is 31.1 Å². The molecule has 0 aromatic rings. The van der Waals surface area contributed by atoms with Crippen molar-refractivity contribution in [2.75, 3.05) is 13.1 Å². The Balaban J connectivity index is 1.88. The molecule has 1 nitrogen and oxygen atoms in total. The average Bonchev–Trinajstić information content (AvgIpc) is 2.75. The van der Waals surface area contributed by atoms with Crippen LogP contribution in [0, 0.1) is 11.8 Å². The predicted octanol–water partition coefficient (Wildman–Crippen LogP) is 3.67. The molecule has 0 N–H and O–H groups in total. The second-order valence-electron chi connectivity index (χ2n) is 5.76. The highest BCUT2D eigenvalue weighted by molar-refractivity contribution is 7.18.